The van der Waals surface area contributed by atoms with Crippen LogP contribution in [0, 0.1) is 0 Å². The van der Waals surface area contributed by atoms with Crippen molar-refractivity contribution in [3.8, 4) is 0 Å². The van der Waals surface area contributed by atoms with E-state index in [2.05, 4.69) is 17.1 Å². The van der Waals surface area contributed by atoms with E-state index in [4.69, 9.17) is 5.11 Å². The minimum Gasteiger partial charge on any atom is -0.480 e. The first-order valence-corrected chi connectivity index (χ1v) is 5.39. The molecule has 2 rings (SSSR count). The molecule has 1 aromatic rings. The van der Waals surface area contributed by atoms with E-state index in [1.807, 2.05) is 4.57 Å². The molecular formula is C10H15N3O2. The quantitative estimate of drug-likeness (QED) is 0.812. The van der Waals surface area contributed by atoms with Gasteiger partial charge in [-0.05, 0) is 19.3 Å². The molecular weight excluding hydrogens is 194 g/mol. The fraction of sp³-hybridized carbons (Fsp3) is 0.700. The zero-order valence-corrected chi connectivity index (χ0v) is 8.81. The lowest BCUT2D eigenvalue weighted by molar-refractivity contribution is -0.141. The number of nitrogens with zero attached hydrogens (tertiary/aromatic N) is 3. The van der Waals surface area contributed by atoms with Crippen molar-refractivity contribution in [2.45, 2.75) is 45.1 Å². The highest BCUT2D eigenvalue weighted by molar-refractivity contribution is 5.72. The minimum absolute atomic E-state index is 0.453. The number of carbonyl (C=O) groups is 1. The van der Waals surface area contributed by atoms with E-state index in [0.717, 1.165) is 37.3 Å². The van der Waals surface area contributed by atoms with E-state index in [-0.39, 0.29) is 0 Å². The highest BCUT2D eigenvalue weighted by Crippen LogP contribution is 2.25. The number of aryl methyl sites for hydroxylation is 2. The summed E-state index contributed by atoms with van der Waals surface area (Å²) < 4.78 is 1.81. The van der Waals surface area contributed by atoms with Crippen molar-refractivity contribution < 1.29 is 9.90 Å². The van der Waals surface area contributed by atoms with Gasteiger partial charge in [0.15, 0.2) is 0 Å². The number of hydrogen-bond acceptors (Lipinski definition) is 3. The molecule has 0 aliphatic carbocycles. The van der Waals surface area contributed by atoms with E-state index in [0.29, 0.717) is 6.42 Å². The van der Waals surface area contributed by atoms with Gasteiger partial charge in [0.1, 0.15) is 17.7 Å². The summed E-state index contributed by atoms with van der Waals surface area (Å²) in [5.74, 6) is 0.879. The maximum absolute atomic E-state index is 11.1. The van der Waals surface area contributed by atoms with Crippen LogP contribution in [0.3, 0.4) is 0 Å². The highest BCUT2D eigenvalue weighted by atomic mass is 16.4. The summed E-state index contributed by atoms with van der Waals surface area (Å²) in [6.07, 6.45) is 4.19. The molecule has 0 saturated heterocycles. The van der Waals surface area contributed by atoms with Gasteiger partial charge >= 0.3 is 5.97 Å². The van der Waals surface area contributed by atoms with Crippen LogP contribution in [0.4, 0.5) is 0 Å². The molecule has 5 nitrogen and oxygen atoms in total. The number of aliphatic carboxylic acids is 1. The number of carboxylic acid groups (broad SMARTS) is 1. The Morgan fingerprint density at radius 3 is 3.07 bits per heavy atom. The summed E-state index contributed by atoms with van der Waals surface area (Å²) in [4.78, 5) is 11.1. The van der Waals surface area contributed by atoms with Gasteiger partial charge in [0.2, 0.25) is 0 Å². The van der Waals surface area contributed by atoms with Crippen molar-refractivity contribution in [3.05, 3.63) is 11.6 Å². The van der Waals surface area contributed by atoms with Gasteiger partial charge in [-0.15, -0.1) is 10.2 Å². The van der Waals surface area contributed by atoms with Crippen LogP contribution >= 0.6 is 0 Å². The Labute approximate surface area is 88.1 Å². The first-order chi connectivity index (χ1) is 7.24. The molecule has 82 valence electrons. The van der Waals surface area contributed by atoms with Crippen molar-refractivity contribution in [2.24, 2.45) is 0 Å². The second-order valence-corrected chi connectivity index (χ2v) is 3.90. The first-order valence-electron chi connectivity index (χ1n) is 5.39. The van der Waals surface area contributed by atoms with Crippen LogP contribution in [0.15, 0.2) is 0 Å². The predicted molar refractivity (Wildman–Crippen MR) is 53.6 cm³/mol. The summed E-state index contributed by atoms with van der Waals surface area (Å²) in [6.45, 7) is 2.06. The van der Waals surface area contributed by atoms with Crippen LogP contribution in [0.2, 0.25) is 0 Å². The van der Waals surface area contributed by atoms with E-state index in [1.54, 1.807) is 0 Å². The van der Waals surface area contributed by atoms with E-state index >= 15 is 0 Å². The zero-order valence-electron chi connectivity index (χ0n) is 8.81. The largest absolute Gasteiger partial charge is 0.480 e. The lowest BCUT2D eigenvalue weighted by atomic mass is 10.0. The third kappa shape index (κ3) is 1.73. The minimum atomic E-state index is -0.770. The van der Waals surface area contributed by atoms with Crippen LogP contribution in [0.1, 0.15) is 43.9 Å². The van der Waals surface area contributed by atoms with E-state index < -0.39 is 12.0 Å². The number of carboxylic acids is 1. The lowest BCUT2D eigenvalue weighted by Crippen LogP contribution is -2.26. The molecule has 0 amide bonds. The Morgan fingerprint density at radius 1 is 1.60 bits per heavy atom. The number of fused-ring (bicyclic) bond motifs is 1. The Bertz CT molecular complexity index is 373. The molecule has 1 atom stereocenters. The Balaban J connectivity index is 2.38. The second kappa shape index (κ2) is 4.00. The van der Waals surface area contributed by atoms with E-state index in [1.165, 1.54) is 0 Å². The molecule has 0 radical (unpaired) electrons. The van der Waals surface area contributed by atoms with Crippen LogP contribution < -0.4 is 0 Å². The third-order valence-corrected chi connectivity index (χ3v) is 2.79. The van der Waals surface area contributed by atoms with Gasteiger partial charge in [-0.1, -0.05) is 6.92 Å². The molecule has 1 unspecified atom stereocenters. The molecule has 1 aromatic heterocycles. The predicted octanol–water partition coefficient (Wildman–Crippen LogP) is 1.19. The summed E-state index contributed by atoms with van der Waals surface area (Å²) in [7, 11) is 0. The van der Waals surface area contributed by atoms with E-state index in [9.17, 15) is 4.79 Å². The summed E-state index contributed by atoms with van der Waals surface area (Å²) in [5, 5.41) is 17.2. The molecule has 1 aliphatic heterocycles. The average molecular weight is 209 g/mol. The van der Waals surface area contributed by atoms with Gasteiger partial charge in [0.25, 0.3) is 0 Å². The molecule has 1 aliphatic rings. The Morgan fingerprint density at radius 2 is 2.40 bits per heavy atom. The van der Waals surface area contributed by atoms with Crippen LogP contribution in [-0.2, 0) is 17.6 Å². The lowest BCUT2D eigenvalue weighted by Gasteiger charge is -2.22. The molecule has 2 heterocycles. The molecule has 5 heteroatoms. The van der Waals surface area contributed by atoms with Crippen molar-refractivity contribution in [3.63, 3.8) is 0 Å². The molecule has 0 bridgehead atoms. The fourth-order valence-corrected chi connectivity index (χ4v) is 2.10. The fourth-order valence-electron chi connectivity index (χ4n) is 2.10. The van der Waals surface area contributed by atoms with Gasteiger partial charge in [-0.25, -0.2) is 4.79 Å². The maximum Gasteiger partial charge on any atom is 0.326 e. The summed E-state index contributed by atoms with van der Waals surface area (Å²) in [6, 6.07) is -0.453. The number of aromatic nitrogens is 3. The van der Waals surface area contributed by atoms with Crippen LogP contribution in [-0.4, -0.2) is 25.8 Å². The smallest absolute Gasteiger partial charge is 0.326 e. The monoisotopic (exact) mass is 209 g/mol. The normalized spacial score (nSPS) is 19.9. The van der Waals surface area contributed by atoms with Crippen molar-refractivity contribution in [2.75, 3.05) is 0 Å². The SMILES string of the molecule is CCCc1nnc2n1C(C(=O)O)CCC2. The third-order valence-electron chi connectivity index (χ3n) is 2.79. The van der Waals surface area contributed by atoms with Crippen molar-refractivity contribution in [1.82, 2.24) is 14.8 Å². The molecule has 0 spiro atoms. The van der Waals surface area contributed by atoms with Gasteiger partial charge < -0.3 is 9.67 Å². The van der Waals surface area contributed by atoms with Crippen LogP contribution in [0.25, 0.3) is 0 Å². The Hall–Kier alpha value is -1.39. The van der Waals surface area contributed by atoms with Crippen molar-refractivity contribution >= 4 is 5.97 Å². The average Bonchev–Trinajstić information content (AvgIpc) is 2.62. The Kier molecular flexibility index (Phi) is 2.70. The van der Waals surface area contributed by atoms with Gasteiger partial charge in [-0.2, -0.15) is 0 Å². The van der Waals surface area contributed by atoms with Crippen molar-refractivity contribution in [1.29, 1.82) is 0 Å². The number of hydrogen-bond donors (Lipinski definition) is 1. The molecule has 0 aromatic carbocycles. The zero-order chi connectivity index (χ0) is 10.8. The first kappa shape index (κ1) is 10.1. The molecule has 0 fully saturated rings. The van der Waals surface area contributed by atoms with Gasteiger partial charge in [0, 0.05) is 12.8 Å². The standard InChI is InChI=1S/C10H15N3O2/c1-2-4-8-11-12-9-6-3-5-7(10(14)15)13(8)9/h7H,2-6H2,1H3,(H,14,15). The second-order valence-electron chi connectivity index (χ2n) is 3.90. The molecule has 1 N–H and O–H groups in total. The number of rotatable bonds is 3. The summed E-state index contributed by atoms with van der Waals surface area (Å²) in [5.41, 5.74) is 0. The van der Waals surface area contributed by atoms with Gasteiger partial charge in [0.05, 0.1) is 0 Å². The topological polar surface area (TPSA) is 68.0 Å². The van der Waals surface area contributed by atoms with Gasteiger partial charge in [-0.3, -0.25) is 0 Å². The molecule has 15 heavy (non-hydrogen) atoms. The van der Waals surface area contributed by atoms with Crippen LogP contribution in [0.5, 0.6) is 0 Å². The molecule has 0 saturated carbocycles. The highest BCUT2D eigenvalue weighted by Gasteiger charge is 2.29. The maximum atomic E-state index is 11.1. The summed E-state index contributed by atoms with van der Waals surface area (Å²) >= 11 is 0.